The molecule has 1 aliphatic carbocycles. The van der Waals surface area contributed by atoms with Crippen molar-refractivity contribution in [2.45, 2.75) is 51.0 Å². The van der Waals surface area contributed by atoms with Crippen LogP contribution in [0.1, 0.15) is 56.6 Å². The van der Waals surface area contributed by atoms with Gasteiger partial charge in [-0.15, -0.1) is 0 Å². The molecule has 0 spiro atoms. The molecular weight excluding hydrogens is 330 g/mol. The molecule has 1 aromatic carbocycles. The molecule has 3 rings (SSSR count). The monoisotopic (exact) mass is 351 g/mol. The number of hydrogen-bond donors (Lipinski definition) is 3. The maximum Gasteiger partial charge on any atom is 0.323 e. The Morgan fingerprint density at radius 2 is 1.86 bits per heavy atom. The number of rotatable bonds is 4. The van der Waals surface area contributed by atoms with Crippen molar-refractivity contribution in [2.24, 2.45) is 11.7 Å². The summed E-state index contributed by atoms with van der Waals surface area (Å²) in [6, 6.07) is 3.94. The summed E-state index contributed by atoms with van der Waals surface area (Å²) >= 11 is 3.58. The van der Waals surface area contributed by atoms with Crippen molar-refractivity contribution in [3.05, 3.63) is 32.7 Å². The summed E-state index contributed by atoms with van der Waals surface area (Å²) in [5, 5.41) is 0. The first-order chi connectivity index (χ1) is 10.1. The van der Waals surface area contributed by atoms with Gasteiger partial charge in [-0.25, -0.2) is 4.79 Å². The van der Waals surface area contributed by atoms with Crippen LogP contribution in [-0.2, 0) is 0 Å². The topological polar surface area (TPSA) is 74.7 Å². The molecule has 0 amide bonds. The zero-order valence-electron chi connectivity index (χ0n) is 12.1. The van der Waals surface area contributed by atoms with E-state index in [-0.39, 0.29) is 11.7 Å². The van der Waals surface area contributed by atoms with Crippen LogP contribution in [0.25, 0.3) is 11.0 Å². The lowest BCUT2D eigenvalue weighted by atomic mass is 9.84. The average molecular weight is 352 g/mol. The molecule has 114 valence electrons. The van der Waals surface area contributed by atoms with Gasteiger partial charge in [-0.05, 0) is 36.5 Å². The Labute approximate surface area is 132 Å². The second kappa shape index (κ2) is 6.36. The molecule has 1 atom stereocenters. The summed E-state index contributed by atoms with van der Waals surface area (Å²) in [7, 11) is 0. The molecule has 1 aliphatic rings. The Morgan fingerprint density at radius 1 is 1.19 bits per heavy atom. The van der Waals surface area contributed by atoms with Crippen LogP contribution < -0.4 is 11.4 Å². The lowest BCUT2D eigenvalue weighted by Crippen LogP contribution is -2.14. The third kappa shape index (κ3) is 3.40. The normalized spacial score (nSPS) is 18.2. The molecule has 1 fully saturated rings. The van der Waals surface area contributed by atoms with Gasteiger partial charge >= 0.3 is 5.69 Å². The van der Waals surface area contributed by atoms with Crippen LogP contribution in [-0.4, -0.2) is 9.97 Å². The van der Waals surface area contributed by atoms with Gasteiger partial charge < -0.3 is 15.7 Å². The largest absolute Gasteiger partial charge is 0.324 e. The highest BCUT2D eigenvalue weighted by molar-refractivity contribution is 9.10. The predicted octanol–water partition coefficient (Wildman–Crippen LogP) is 3.98. The van der Waals surface area contributed by atoms with Crippen molar-refractivity contribution < 1.29 is 0 Å². The van der Waals surface area contributed by atoms with Gasteiger partial charge in [0.2, 0.25) is 0 Å². The zero-order chi connectivity index (χ0) is 14.8. The molecule has 4 nitrogen and oxygen atoms in total. The average Bonchev–Trinajstić information content (AvgIpc) is 2.84. The molecule has 0 saturated heterocycles. The molecule has 5 heteroatoms. The number of fused-ring (bicyclic) bond motifs is 1. The summed E-state index contributed by atoms with van der Waals surface area (Å²) in [6.45, 7) is 0. The van der Waals surface area contributed by atoms with Crippen molar-refractivity contribution in [1.29, 1.82) is 0 Å². The number of hydrogen-bond acceptors (Lipinski definition) is 2. The van der Waals surface area contributed by atoms with E-state index in [2.05, 4.69) is 25.9 Å². The summed E-state index contributed by atoms with van der Waals surface area (Å²) in [4.78, 5) is 16.9. The first kappa shape index (κ1) is 14.9. The van der Waals surface area contributed by atoms with E-state index in [0.717, 1.165) is 33.4 Å². The Hall–Kier alpha value is -1.07. The Morgan fingerprint density at radius 3 is 2.57 bits per heavy atom. The maximum atomic E-state index is 11.4. The highest BCUT2D eigenvalue weighted by atomic mass is 79.9. The third-order valence-electron chi connectivity index (χ3n) is 4.64. The fourth-order valence-electron chi connectivity index (χ4n) is 3.40. The van der Waals surface area contributed by atoms with Crippen LogP contribution in [0, 0.1) is 5.92 Å². The molecule has 0 radical (unpaired) electrons. The Bertz CT molecular complexity index is 670. The number of halogens is 1. The zero-order valence-corrected chi connectivity index (χ0v) is 13.7. The standard InChI is InChI=1S/C16H22BrN3O/c17-12-9-15-14(19-16(21)20-15)8-11(12)13(18)7-6-10-4-2-1-3-5-10/h8-10,13H,1-7,18H2,(H2,19,20,21). The van der Waals surface area contributed by atoms with Crippen LogP contribution in [0.3, 0.4) is 0 Å². The van der Waals surface area contributed by atoms with E-state index in [4.69, 9.17) is 5.73 Å². The van der Waals surface area contributed by atoms with Gasteiger partial charge in [0.05, 0.1) is 11.0 Å². The van der Waals surface area contributed by atoms with Gasteiger partial charge in [0.25, 0.3) is 0 Å². The molecule has 1 aromatic heterocycles. The van der Waals surface area contributed by atoms with E-state index in [0.29, 0.717) is 0 Å². The van der Waals surface area contributed by atoms with Gasteiger partial charge in [0.1, 0.15) is 0 Å². The maximum absolute atomic E-state index is 11.4. The summed E-state index contributed by atoms with van der Waals surface area (Å²) in [5.41, 5.74) is 8.92. The molecular formula is C16H22BrN3O. The van der Waals surface area contributed by atoms with E-state index in [9.17, 15) is 4.79 Å². The smallest absolute Gasteiger partial charge is 0.323 e. The number of benzene rings is 1. The number of imidazole rings is 1. The molecule has 1 unspecified atom stereocenters. The van der Waals surface area contributed by atoms with Crippen molar-refractivity contribution >= 4 is 27.0 Å². The second-order valence-electron chi connectivity index (χ2n) is 6.19. The van der Waals surface area contributed by atoms with E-state index >= 15 is 0 Å². The number of H-pyrrole nitrogens is 2. The van der Waals surface area contributed by atoms with Gasteiger partial charge in [-0.2, -0.15) is 0 Å². The van der Waals surface area contributed by atoms with Crippen molar-refractivity contribution in [3.8, 4) is 0 Å². The fourth-order valence-corrected chi connectivity index (χ4v) is 4.04. The van der Waals surface area contributed by atoms with E-state index in [1.54, 1.807) is 0 Å². The van der Waals surface area contributed by atoms with Crippen LogP contribution in [0.4, 0.5) is 0 Å². The summed E-state index contributed by atoms with van der Waals surface area (Å²) in [6.07, 6.45) is 9.07. The van der Waals surface area contributed by atoms with Gasteiger partial charge in [0, 0.05) is 10.5 Å². The molecule has 4 N–H and O–H groups in total. The second-order valence-corrected chi connectivity index (χ2v) is 7.04. The van der Waals surface area contributed by atoms with E-state index in [1.165, 1.54) is 38.5 Å². The van der Waals surface area contributed by atoms with Gasteiger partial charge in [-0.1, -0.05) is 48.0 Å². The van der Waals surface area contributed by atoms with Crippen molar-refractivity contribution in [1.82, 2.24) is 9.97 Å². The van der Waals surface area contributed by atoms with Gasteiger partial charge in [-0.3, -0.25) is 0 Å². The predicted molar refractivity (Wildman–Crippen MR) is 89.4 cm³/mol. The minimum absolute atomic E-state index is 0.0177. The highest BCUT2D eigenvalue weighted by Crippen LogP contribution is 2.32. The Kier molecular flexibility index (Phi) is 4.50. The number of aromatic amines is 2. The quantitative estimate of drug-likeness (QED) is 0.779. The van der Waals surface area contributed by atoms with Crippen LogP contribution in [0.5, 0.6) is 0 Å². The number of nitrogens with one attached hydrogen (secondary N) is 2. The minimum atomic E-state index is -0.176. The first-order valence-corrected chi connectivity index (χ1v) is 8.60. The number of aromatic nitrogens is 2. The van der Waals surface area contributed by atoms with Crippen molar-refractivity contribution in [2.75, 3.05) is 0 Å². The van der Waals surface area contributed by atoms with Crippen LogP contribution in [0.15, 0.2) is 21.4 Å². The molecule has 0 bridgehead atoms. The minimum Gasteiger partial charge on any atom is -0.324 e. The molecule has 1 saturated carbocycles. The molecule has 2 aromatic rings. The number of nitrogens with two attached hydrogens (primary N) is 1. The lowest BCUT2D eigenvalue weighted by Gasteiger charge is -2.23. The molecule has 21 heavy (non-hydrogen) atoms. The highest BCUT2D eigenvalue weighted by Gasteiger charge is 2.17. The molecule has 0 aliphatic heterocycles. The SMILES string of the molecule is NC(CCC1CCCCC1)c1cc2[nH]c(=O)[nH]c2cc1Br. The summed E-state index contributed by atoms with van der Waals surface area (Å²) < 4.78 is 0.974. The molecule has 1 heterocycles. The Balaban J connectivity index is 1.72. The van der Waals surface area contributed by atoms with E-state index < -0.39 is 0 Å². The summed E-state index contributed by atoms with van der Waals surface area (Å²) in [5.74, 6) is 0.847. The van der Waals surface area contributed by atoms with Crippen LogP contribution >= 0.6 is 15.9 Å². The third-order valence-corrected chi connectivity index (χ3v) is 5.33. The fraction of sp³-hybridized carbons (Fsp3) is 0.562. The van der Waals surface area contributed by atoms with E-state index in [1.807, 2.05) is 12.1 Å². The lowest BCUT2D eigenvalue weighted by molar-refractivity contribution is 0.324. The van der Waals surface area contributed by atoms with Crippen molar-refractivity contribution in [3.63, 3.8) is 0 Å². The van der Waals surface area contributed by atoms with Crippen LogP contribution in [0.2, 0.25) is 0 Å². The van der Waals surface area contributed by atoms with Gasteiger partial charge in [0.15, 0.2) is 0 Å². The first-order valence-electron chi connectivity index (χ1n) is 7.80.